The van der Waals surface area contributed by atoms with Crippen LogP contribution in [0, 0.1) is 11.3 Å². The Kier molecular flexibility index (Phi) is 8.81. The normalized spacial score (nSPS) is 11.0. The molecule has 0 atom stereocenters. The van der Waals surface area contributed by atoms with E-state index < -0.39 is 5.91 Å². The van der Waals surface area contributed by atoms with Gasteiger partial charge in [0.05, 0.1) is 6.61 Å². The van der Waals surface area contributed by atoms with Crippen LogP contribution < -0.4 is 10.1 Å². The van der Waals surface area contributed by atoms with E-state index in [1.165, 1.54) is 5.56 Å². The molecule has 0 aliphatic carbocycles. The van der Waals surface area contributed by atoms with Gasteiger partial charge in [-0.2, -0.15) is 5.26 Å². The number of amides is 1. The van der Waals surface area contributed by atoms with Crippen LogP contribution in [0.2, 0.25) is 0 Å². The number of unbranched alkanes of at least 4 members (excludes halogenated alkanes) is 2. The van der Waals surface area contributed by atoms with Crippen LogP contribution in [-0.2, 0) is 11.2 Å². The van der Waals surface area contributed by atoms with Crippen molar-refractivity contribution in [2.75, 3.05) is 11.9 Å². The predicted octanol–water partition coefficient (Wildman–Crippen LogP) is 5.75. The molecule has 0 aromatic heterocycles. The first kappa shape index (κ1) is 21.2. The molecule has 0 saturated heterocycles. The molecule has 2 aromatic carbocycles. The van der Waals surface area contributed by atoms with Gasteiger partial charge in [-0.05, 0) is 60.7 Å². The third-order valence-corrected chi connectivity index (χ3v) is 4.35. The van der Waals surface area contributed by atoms with Gasteiger partial charge in [0.15, 0.2) is 0 Å². The summed E-state index contributed by atoms with van der Waals surface area (Å²) >= 11 is 0. The zero-order valence-electron chi connectivity index (χ0n) is 16.7. The van der Waals surface area contributed by atoms with Gasteiger partial charge in [0.2, 0.25) is 0 Å². The maximum absolute atomic E-state index is 12.4. The Balaban J connectivity index is 1.99. The van der Waals surface area contributed by atoms with Crippen molar-refractivity contribution >= 4 is 17.7 Å². The van der Waals surface area contributed by atoms with E-state index in [9.17, 15) is 10.1 Å². The molecule has 2 rings (SSSR count). The van der Waals surface area contributed by atoms with Gasteiger partial charge in [0.1, 0.15) is 17.4 Å². The summed E-state index contributed by atoms with van der Waals surface area (Å²) < 4.78 is 5.63. The highest BCUT2D eigenvalue weighted by Gasteiger charge is 2.09. The second-order valence-corrected chi connectivity index (χ2v) is 6.70. The lowest BCUT2D eigenvalue weighted by atomic mass is 10.1. The fourth-order valence-corrected chi connectivity index (χ4v) is 2.64. The average Bonchev–Trinajstić information content (AvgIpc) is 2.72. The first-order valence-electron chi connectivity index (χ1n) is 9.91. The van der Waals surface area contributed by atoms with Crippen molar-refractivity contribution in [2.45, 2.75) is 46.0 Å². The Hall–Kier alpha value is -3.06. The maximum Gasteiger partial charge on any atom is 0.266 e. The molecule has 0 radical (unpaired) electrons. The van der Waals surface area contributed by atoms with Crippen molar-refractivity contribution in [1.29, 1.82) is 5.26 Å². The zero-order chi connectivity index (χ0) is 20.2. The van der Waals surface area contributed by atoms with Crippen LogP contribution in [0.15, 0.2) is 54.1 Å². The summed E-state index contributed by atoms with van der Waals surface area (Å²) in [6.45, 7) is 4.97. The number of carbonyl (C=O) groups excluding carboxylic acids is 1. The topological polar surface area (TPSA) is 62.1 Å². The fourth-order valence-electron chi connectivity index (χ4n) is 2.64. The lowest BCUT2D eigenvalue weighted by Gasteiger charge is -2.07. The number of nitrogens with zero attached hydrogens (tertiary/aromatic N) is 1. The van der Waals surface area contributed by atoms with E-state index in [0.29, 0.717) is 12.3 Å². The van der Waals surface area contributed by atoms with E-state index in [-0.39, 0.29) is 5.57 Å². The molecule has 0 aliphatic rings. The van der Waals surface area contributed by atoms with Crippen molar-refractivity contribution in [3.8, 4) is 11.8 Å². The number of ether oxygens (including phenoxy) is 1. The van der Waals surface area contributed by atoms with Gasteiger partial charge in [0, 0.05) is 5.69 Å². The van der Waals surface area contributed by atoms with Crippen molar-refractivity contribution < 1.29 is 9.53 Å². The first-order chi connectivity index (χ1) is 13.7. The number of anilines is 1. The first-order valence-corrected chi connectivity index (χ1v) is 9.91. The number of hydrogen-bond donors (Lipinski definition) is 1. The van der Waals surface area contributed by atoms with Gasteiger partial charge >= 0.3 is 0 Å². The summed E-state index contributed by atoms with van der Waals surface area (Å²) in [5.41, 5.74) is 2.78. The van der Waals surface area contributed by atoms with Crippen LogP contribution in [0.1, 0.15) is 50.7 Å². The molecule has 0 spiro atoms. The standard InChI is InChI=1S/C24H28N2O2/c1-3-5-7-19-8-12-22(13-9-19)26-24(27)21(18-25)17-20-10-14-23(15-11-20)28-16-6-4-2/h8-15,17H,3-7,16H2,1-2H3,(H,26,27)/b21-17+. The molecule has 0 bridgehead atoms. The number of aryl methyl sites for hydroxylation is 1. The molecule has 1 N–H and O–H groups in total. The van der Waals surface area contributed by atoms with E-state index >= 15 is 0 Å². The number of nitriles is 1. The number of hydrogen-bond acceptors (Lipinski definition) is 3. The Morgan fingerprint density at radius 1 is 1.04 bits per heavy atom. The molecule has 0 aliphatic heterocycles. The minimum atomic E-state index is -0.410. The zero-order valence-corrected chi connectivity index (χ0v) is 16.7. The summed E-state index contributed by atoms with van der Waals surface area (Å²) in [6.07, 6.45) is 7.02. The number of rotatable bonds is 10. The third kappa shape index (κ3) is 6.92. The summed E-state index contributed by atoms with van der Waals surface area (Å²) in [7, 11) is 0. The highest BCUT2D eigenvalue weighted by atomic mass is 16.5. The largest absolute Gasteiger partial charge is 0.494 e. The predicted molar refractivity (Wildman–Crippen MR) is 114 cm³/mol. The molecule has 2 aromatic rings. The van der Waals surface area contributed by atoms with E-state index in [2.05, 4.69) is 19.2 Å². The quantitative estimate of drug-likeness (QED) is 0.326. The van der Waals surface area contributed by atoms with E-state index in [4.69, 9.17) is 4.74 Å². The minimum absolute atomic E-state index is 0.0645. The molecule has 0 heterocycles. The van der Waals surface area contributed by atoms with Crippen LogP contribution in [0.3, 0.4) is 0 Å². The summed E-state index contributed by atoms with van der Waals surface area (Å²) in [5.74, 6) is 0.379. The molecule has 0 fully saturated rings. The van der Waals surface area contributed by atoms with Crippen molar-refractivity contribution in [3.63, 3.8) is 0 Å². The second-order valence-electron chi connectivity index (χ2n) is 6.70. The number of carbonyl (C=O) groups is 1. The molecule has 4 heteroatoms. The minimum Gasteiger partial charge on any atom is -0.494 e. The SMILES string of the molecule is CCCCOc1ccc(/C=C(\C#N)C(=O)Nc2ccc(CCCC)cc2)cc1. The van der Waals surface area contributed by atoms with Crippen molar-refractivity contribution in [2.24, 2.45) is 0 Å². The van der Waals surface area contributed by atoms with Crippen LogP contribution >= 0.6 is 0 Å². The van der Waals surface area contributed by atoms with Gasteiger partial charge in [-0.25, -0.2) is 0 Å². The van der Waals surface area contributed by atoms with Gasteiger partial charge in [-0.3, -0.25) is 4.79 Å². The van der Waals surface area contributed by atoms with Crippen LogP contribution in [0.5, 0.6) is 5.75 Å². The monoisotopic (exact) mass is 376 g/mol. The van der Waals surface area contributed by atoms with Crippen LogP contribution in [0.25, 0.3) is 6.08 Å². The van der Waals surface area contributed by atoms with Gasteiger partial charge in [-0.1, -0.05) is 51.0 Å². The lowest BCUT2D eigenvalue weighted by molar-refractivity contribution is -0.112. The highest BCUT2D eigenvalue weighted by Crippen LogP contribution is 2.17. The summed E-state index contributed by atoms with van der Waals surface area (Å²) in [6, 6.07) is 17.1. The summed E-state index contributed by atoms with van der Waals surface area (Å²) in [5, 5.41) is 12.2. The van der Waals surface area contributed by atoms with E-state index in [1.807, 2.05) is 54.6 Å². The smallest absolute Gasteiger partial charge is 0.266 e. The second kappa shape index (κ2) is 11.6. The van der Waals surface area contributed by atoms with Crippen LogP contribution in [0.4, 0.5) is 5.69 Å². The highest BCUT2D eigenvalue weighted by molar-refractivity contribution is 6.09. The van der Waals surface area contributed by atoms with Gasteiger partial charge < -0.3 is 10.1 Å². The maximum atomic E-state index is 12.4. The van der Waals surface area contributed by atoms with Crippen molar-refractivity contribution in [1.82, 2.24) is 0 Å². The number of benzene rings is 2. The summed E-state index contributed by atoms with van der Waals surface area (Å²) in [4.78, 5) is 12.4. The average molecular weight is 377 g/mol. The molecule has 4 nitrogen and oxygen atoms in total. The molecule has 0 saturated carbocycles. The van der Waals surface area contributed by atoms with Gasteiger partial charge in [-0.15, -0.1) is 0 Å². The number of nitrogens with one attached hydrogen (secondary N) is 1. The molecular formula is C24H28N2O2. The Morgan fingerprint density at radius 3 is 2.32 bits per heavy atom. The van der Waals surface area contributed by atoms with E-state index in [1.54, 1.807) is 6.08 Å². The Labute approximate surface area is 167 Å². The molecule has 146 valence electrons. The van der Waals surface area contributed by atoms with E-state index in [0.717, 1.165) is 43.4 Å². The fraction of sp³-hybridized carbons (Fsp3) is 0.333. The van der Waals surface area contributed by atoms with Crippen molar-refractivity contribution in [3.05, 3.63) is 65.2 Å². The molecule has 0 unspecified atom stereocenters. The lowest BCUT2D eigenvalue weighted by Crippen LogP contribution is -2.13. The van der Waals surface area contributed by atoms with Gasteiger partial charge in [0.25, 0.3) is 5.91 Å². The Bertz CT molecular complexity index is 815. The Morgan fingerprint density at radius 2 is 1.71 bits per heavy atom. The molecular weight excluding hydrogens is 348 g/mol. The molecule has 1 amide bonds. The van der Waals surface area contributed by atoms with Crippen LogP contribution in [-0.4, -0.2) is 12.5 Å². The third-order valence-electron chi connectivity index (χ3n) is 4.35. The molecule has 28 heavy (non-hydrogen) atoms.